The molecule has 4 nitrogen and oxygen atoms in total. The van der Waals surface area contributed by atoms with Gasteiger partial charge in [-0.3, -0.25) is 4.40 Å². The number of aryl methyl sites for hydroxylation is 1. The van der Waals surface area contributed by atoms with E-state index >= 15 is 0 Å². The molecule has 2 heterocycles. The molecule has 4 heteroatoms. The molecule has 74 valence electrons. The van der Waals surface area contributed by atoms with Crippen molar-refractivity contribution < 1.29 is 0 Å². The van der Waals surface area contributed by atoms with E-state index in [1.165, 1.54) is 19.3 Å². The fraction of sp³-hybridized carbons (Fsp3) is 0.500. The number of nitrogens with zero attached hydrogens (tertiary/aromatic N) is 4. The van der Waals surface area contributed by atoms with Crippen LogP contribution >= 0.6 is 0 Å². The van der Waals surface area contributed by atoms with E-state index < -0.39 is 0 Å². The molecule has 0 aliphatic rings. The number of hydrogen-bond acceptors (Lipinski definition) is 3. The molecule has 0 saturated heterocycles. The lowest BCUT2D eigenvalue weighted by atomic mass is 10.1. The van der Waals surface area contributed by atoms with E-state index in [1.54, 1.807) is 12.7 Å². The average Bonchev–Trinajstić information content (AvgIpc) is 2.65. The average molecular weight is 190 g/mol. The van der Waals surface area contributed by atoms with Crippen LogP contribution in [-0.4, -0.2) is 19.6 Å². The Morgan fingerprint density at radius 3 is 3.07 bits per heavy atom. The summed E-state index contributed by atoms with van der Waals surface area (Å²) in [6, 6.07) is 2.00. The van der Waals surface area contributed by atoms with Crippen LogP contribution in [-0.2, 0) is 6.42 Å². The van der Waals surface area contributed by atoms with Crippen molar-refractivity contribution in [2.45, 2.75) is 32.6 Å². The van der Waals surface area contributed by atoms with Crippen LogP contribution in [0.1, 0.15) is 31.9 Å². The number of fused-ring (bicyclic) bond motifs is 1. The van der Waals surface area contributed by atoms with Crippen LogP contribution in [0.2, 0.25) is 0 Å². The van der Waals surface area contributed by atoms with E-state index in [1.807, 2.05) is 10.5 Å². The lowest BCUT2D eigenvalue weighted by molar-refractivity contribution is 0.705. The van der Waals surface area contributed by atoms with Gasteiger partial charge < -0.3 is 0 Å². The standard InChI is InChI=1S/C10H14N4/c1-2-3-4-5-9-6-10-13-12-8-14(10)7-11-9/h6-8H,2-5H2,1H3. The third kappa shape index (κ3) is 1.89. The van der Waals surface area contributed by atoms with Gasteiger partial charge in [0.25, 0.3) is 0 Å². The van der Waals surface area contributed by atoms with Gasteiger partial charge >= 0.3 is 0 Å². The lowest BCUT2D eigenvalue weighted by Gasteiger charge is -1.99. The molecule has 14 heavy (non-hydrogen) atoms. The normalized spacial score (nSPS) is 10.9. The molecule has 0 fully saturated rings. The van der Waals surface area contributed by atoms with Crippen molar-refractivity contribution in [2.75, 3.05) is 0 Å². The van der Waals surface area contributed by atoms with Crippen molar-refractivity contribution in [3.63, 3.8) is 0 Å². The van der Waals surface area contributed by atoms with Crippen LogP contribution in [0.5, 0.6) is 0 Å². The zero-order valence-electron chi connectivity index (χ0n) is 8.35. The minimum Gasteiger partial charge on any atom is -0.272 e. The van der Waals surface area contributed by atoms with E-state index in [2.05, 4.69) is 22.1 Å². The fourth-order valence-electron chi connectivity index (χ4n) is 1.46. The van der Waals surface area contributed by atoms with Gasteiger partial charge in [-0.05, 0) is 12.8 Å². The molecule has 2 rings (SSSR count). The van der Waals surface area contributed by atoms with Gasteiger partial charge in [0.05, 0.1) is 0 Å². The second kappa shape index (κ2) is 4.17. The summed E-state index contributed by atoms with van der Waals surface area (Å²) in [5.41, 5.74) is 1.99. The summed E-state index contributed by atoms with van der Waals surface area (Å²) in [4.78, 5) is 4.33. The minimum absolute atomic E-state index is 0.881. The van der Waals surface area contributed by atoms with Gasteiger partial charge in [-0.2, -0.15) is 0 Å². The predicted octanol–water partition coefficient (Wildman–Crippen LogP) is 1.86. The predicted molar refractivity (Wildman–Crippen MR) is 54.0 cm³/mol. The van der Waals surface area contributed by atoms with Gasteiger partial charge in [0, 0.05) is 11.8 Å². The largest absolute Gasteiger partial charge is 0.272 e. The van der Waals surface area contributed by atoms with Gasteiger partial charge in [0.1, 0.15) is 12.7 Å². The topological polar surface area (TPSA) is 43.1 Å². The third-order valence-electron chi connectivity index (χ3n) is 2.28. The highest BCUT2D eigenvalue weighted by Crippen LogP contribution is 2.05. The SMILES string of the molecule is CCCCCc1cc2nncn2cn1. The molecule has 0 atom stereocenters. The smallest absolute Gasteiger partial charge is 0.163 e. The highest BCUT2D eigenvalue weighted by atomic mass is 15.2. The second-order valence-electron chi connectivity index (χ2n) is 3.43. The zero-order chi connectivity index (χ0) is 9.80. The van der Waals surface area contributed by atoms with Crippen molar-refractivity contribution in [1.82, 2.24) is 19.6 Å². The molecule has 2 aromatic rings. The Hall–Kier alpha value is -1.45. The number of unbranched alkanes of at least 4 members (excludes halogenated alkanes) is 2. The van der Waals surface area contributed by atoms with Crippen LogP contribution in [0.3, 0.4) is 0 Å². The molecule has 0 saturated carbocycles. The Balaban J connectivity index is 2.10. The van der Waals surface area contributed by atoms with Gasteiger partial charge in [-0.1, -0.05) is 19.8 Å². The maximum atomic E-state index is 4.33. The molecule has 2 aromatic heterocycles. The molecule has 0 bridgehead atoms. The van der Waals surface area contributed by atoms with E-state index in [9.17, 15) is 0 Å². The van der Waals surface area contributed by atoms with Gasteiger partial charge in [-0.25, -0.2) is 4.98 Å². The molecule has 0 N–H and O–H groups in total. The number of aromatic nitrogens is 4. The lowest BCUT2D eigenvalue weighted by Crippen LogP contribution is -1.93. The molecular weight excluding hydrogens is 176 g/mol. The summed E-state index contributed by atoms with van der Waals surface area (Å²) in [5.74, 6) is 0. The van der Waals surface area contributed by atoms with E-state index in [-0.39, 0.29) is 0 Å². The summed E-state index contributed by atoms with van der Waals surface area (Å²) in [5, 5.41) is 7.79. The van der Waals surface area contributed by atoms with Crippen molar-refractivity contribution in [2.24, 2.45) is 0 Å². The number of hydrogen-bond donors (Lipinski definition) is 0. The van der Waals surface area contributed by atoms with Gasteiger partial charge in [-0.15, -0.1) is 10.2 Å². The van der Waals surface area contributed by atoms with E-state index in [4.69, 9.17) is 0 Å². The van der Waals surface area contributed by atoms with Gasteiger partial charge in [0.15, 0.2) is 5.65 Å². The first-order chi connectivity index (χ1) is 6.90. The summed E-state index contributed by atoms with van der Waals surface area (Å²) >= 11 is 0. The first kappa shape index (κ1) is 9.12. The third-order valence-corrected chi connectivity index (χ3v) is 2.28. The first-order valence-corrected chi connectivity index (χ1v) is 5.04. The van der Waals surface area contributed by atoms with Crippen molar-refractivity contribution >= 4 is 5.65 Å². The Bertz CT molecular complexity index is 407. The Morgan fingerprint density at radius 1 is 1.29 bits per heavy atom. The Morgan fingerprint density at radius 2 is 2.21 bits per heavy atom. The molecule has 0 unspecified atom stereocenters. The van der Waals surface area contributed by atoms with Gasteiger partial charge in [0.2, 0.25) is 0 Å². The fourth-order valence-corrected chi connectivity index (χ4v) is 1.46. The summed E-state index contributed by atoms with van der Waals surface area (Å²) < 4.78 is 1.82. The molecule has 0 radical (unpaired) electrons. The second-order valence-corrected chi connectivity index (χ2v) is 3.43. The summed E-state index contributed by atoms with van der Waals surface area (Å²) in [6.07, 6.45) is 8.19. The molecule has 0 amide bonds. The van der Waals surface area contributed by atoms with Crippen LogP contribution < -0.4 is 0 Å². The highest BCUT2D eigenvalue weighted by molar-refractivity contribution is 5.36. The van der Waals surface area contributed by atoms with E-state index in [0.717, 1.165) is 17.8 Å². The molecule has 0 aliphatic heterocycles. The van der Waals surface area contributed by atoms with E-state index in [0.29, 0.717) is 0 Å². The highest BCUT2D eigenvalue weighted by Gasteiger charge is 1.98. The summed E-state index contributed by atoms with van der Waals surface area (Å²) in [7, 11) is 0. The van der Waals surface area contributed by atoms with Crippen LogP contribution in [0.4, 0.5) is 0 Å². The quantitative estimate of drug-likeness (QED) is 0.691. The maximum absolute atomic E-state index is 4.33. The number of rotatable bonds is 4. The summed E-state index contributed by atoms with van der Waals surface area (Å²) in [6.45, 7) is 2.20. The molecular formula is C10H14N4. The van der Waals surface area contributed by atoms with Crippen LogP contribution in [0.25, 0.3) is 5.65 Å². The first-order valence-electron chi connectivity index (χ1n) is 5.04. The molecule has 0 aliphatic carbocycles. The molecule has 0 aromatic carbocycles. The Kier molecular flexibility index (Phi) is 2.72. The van der Waals surface area contributed by atoms with Crippen molar-refractivity contribution in [3.05, 3.63) is 24.4 Å². The monoisotopic (exact) mass is 190 g/mol. The maximum Gasteiger partial charge on any atom is 0.163 e. The van der Waals surface area contributed by atoms with Crippen LogP contribution in [0, 0.1) is 0 Å². The van der Waals surface area contributed by atoms with Crippen molar-refractivity contribution in [1.29, 1.82) is 0 Å². The van der Waals surface area contributed by atoms with Crippen molar-refractivity contribution in [3.8, 4) is 0 Å². The minimum atomic E-state index is 0.881. The Labute approximate surface area is 83.0 Å². The molecule has 0 spiro atoms. The van der Waals surface area contributed by atoms with Crippen LogP contribution in [0.15, 0.2) is 18.7 Å². The zero-order valence-corrected chi connectivity index (χ0v) is 8.35.